The van der Waals surface area contributed by atoms with Crippen LogP contribution in [-0.4, -0.2) is 34.3 Å². The number of amides is 1. The van der Waals surface area contributed by atoms with Crippen LogP contribution >= 0.6 is 0 Å². The Labute approximate surface area is 154 Å². The van der Waals surface area contributed by atoms with E-state index in [0.29, 0.717) is 17.8 Å². The third-order valence-electron chi connectivity index (χ3n) is 4.22. The molecule has 2 rings (SSSR count). The van der Waals surface area contributed by atoms with Gasteiger partial charge in [-0.3, -0.25) is 9.48 Å². The molecule has 0 aliphatic heterocycles. The van der Waals surface area contributed by atoms with Gasteiger partial charge in [-0.2, -0.15) is 5.10 Å². The van der Waals surface area contributed by atoms with E-state index in [-0.39, 0.29) is 18.6 Å². The number of aryl methyl sites for hydroxylation is 1. The van der Waals surface area contributed by atoms with E-state index >= 15 is 0 Å². The maximum atomic E-state index is 12.4. The molecule has 1 aromatic carbocycles. The van der Waals surface area contributed by atoms with Crippen LogP contribution in [-0.2, 0) is 16.1 Å². The Bertz CT molecular complexity index is 753. The number of carbonyl (C=O) groups is 2. The standard InChI is InChI=1S/C20H27N3O3/c1-5-9-14(2)21-18(24)13-26-20(25)19-15(3)22-23(16(19)4)12-17-10-7-6-8-11-17/h6-8,10-11,14H,5,9,12-13H2,1-4H3,(H,21,24)/t14-/m0/s1. The zero-order valence-electron chi connectivity index (χ0n) is 15.9. The molecule has 0 radical (unpaired) electrons. The van der Waals surface area contributed by atoms with E-state index in [0.717, 1.165) is 24.1 Å². The molecule has 6 nitrogen and oxygen atoms in total. The van der Waals surface area contributed by atoms with E-state index in [1.165, 1.54) is 0 Å². The molecule has 0 aliphatic rings. The molecule has 1 aromatic heterocycles. The summed E-state index contributed by atoms with van der Waals surface area (Å²) in [5, 5.41) is 7.26. The minimum absolute atomic E-state index is 0.0725. The topological polar surface area (TPSA) is 73.2 Å². The molecular weight excluding hydrogens is 330 g/mol. The highest BCUT2D eigenvalue weighted by atomic mass is 16.5. The number of ether oxygens (including phenoxy) is 1. The Morgan fingerprint density at radius 2 is 1.92 bits per heavy atom. The van der Waals surface area contributed by atoms with Gasteiger partial charge in [0.2, 0.25) is 0 Å². The highest BCUT2D eigenvalue weighted by Gasteiger charge is 2.21. The average molecular weight is 357 g/mol. The van der Waals surface area contributed by atoms with Gasteiger partial charge in [-0.05, 0) is 32.8 Å². The fraction of sp³-hybridized carbons (Fsp3) is 0.450. The van der Waals surface area contributed by atoms with Crippen molar-refractivity contribution in [2.24, 2.45) is 0 Å². The molecule has 0 saturated carbocycles. The van der Waals surface area contributed by atoms with Gasteiger partial charge in [0.05, 0.1) is 17.9 Å². The lowest BCUT2D eigenvalue weighted by molar-refractivity contribution is -0.124. The number of aromatic nitrogens is 2. The molecule has 0 bridgehead atoms. The Morgan fingerprint density at radius 3 is 2.58 bits per heavy atom. The molecule has 140 valence electrons. The summed E-state index contributed by atoms with van der Waals surface area (Å²) in [6.45, 7) is 7.90. The van der Waals surface area contributed by atoms with Crippen LogP contribution in [0.4, 0.5) is 0 Å². The molecule has 0 aliphatic carbocycles. The SMILES string of the molecule is CCC[C@H](C)NC(=O)COC(=O)c1c(C)nn(Cc2ccccc2)c1C. The Balaban J connectivity index is 2.00. The predicted octanol–water partition coefficient (Wildman–Crippen LogP) is 3.01. The van der Waals surface area contributed by atoms with Gasteiger partial charge in [0, 0.05) is 6.04 Å². The highest BCUT2D eigenvalue weighted by molar-refractivity contribution is 5.93. The molecule has 0 fully saturated rings. The van der Waals surface area contributed by atoms with Gasteiger partial charge in [0.1, 0.15) is 5.56 Å². The minimum Gasteiger partial charge on any atom is -0.452 e. The summed E-state index contributed by atoms with van der Waals surface area (Å²) in [4.78, 5) is 24.3. The average Bonchev–Trinajstić information content (AvgIpc) is 2.87. The van der Waals surface area contributed by atoms with Crippen LogP contribution in [0.15, 0.2) is 30.3 Å². The largest absolute Gasteiger partial charge is 0.452 e. The molecule has 26 heavy (non-hydrogen) atoms. The second kappa shape index (κ2) is 9.17. The van der Waals surface area contributed by atoms with Crippen molar-refractivity contribution in [1.29, 1.82) is 0 Å². The normalized spacial score (nSPS) is 11.8. The number of benzene rings is 1. The van der Waals surface area contributed by atoms with Crippen molar-refractivity contribution < 1.29 is 14.3 Å². The van der Waals surface area contributed by atoms with Crippen molar-refractivity contribution in [3.05, 3.63) is 52.8 Å². The summed E-state index contributed by atoms with van der Waals surface area (Å²) < 4.78 is 6.97. The fourth-order valence-electron chi connectivity index (χ4n) is 2.93. The first-order valence-corrected chi connectivity index (χ1v) is 8.96. The molecule has 1 amide bonds. The smallest absolute Gasteiger partial charge is 0.342 e. The minimum atomic E-state index is -0.516. The number of rotatable bonds is 8. The second-order valence-electron chi connectivity index (χ2n) is 6.52. The Kier molecular flexibility index (Phi) is 6.95. The first-order valence-electron chi connectivity index (χ1n) is 8.96. The van der Waals surface area contributed by atoms with E-state index < -0.39 is 5.97 Å². The van der Waals surface area contributed by atoms with E-state index in [9.17, 15) is 9.59 Å². The first-order chi connectivity index (χ1) is 12.4. The van der Waals surface area contributed by atoms with E-state index in [2.05, 4.69) is 17.3 Å². The van der Waals surface area contributed by atoms with E-state index in [1.807, 2.05) is 44.2 Å². The van der Waals surface area contributed by atoms with Gasteiger partial charge in [0.25, 0.3) is 5.91 Å². The number of hydrogen-bond donors (Lipinski definition) is 1. The number of hydrogen-bond acceptors (Lipinski definition) is 4. The molecule has 1 heterocycles. The number of nitrogens with zero attached hydrogens (tertiary/aromatic N) is 2. The Hall–Kier alpha value is -2.63. The molecule has 1 N–H and O–H groups in total. The summed E-state index contributed by atoms with van der Waals surface area (Å²) >= 11 is 0. The molecule has 1 atom stereocenters. The zero-order valence-corrected chi connectivity index (χ0v) is 15.9. The maximum Gasteiger partial charge on any atom is 0.342 e. The zero-order chi connectivity index (χ0) is 19.1. The lowest BCUT2D eigenvalue weighted by Gasteiger charge is -2.12. The van der Waals surface area contributed by atoms with Crippen molar-refractivity contribution in [2.45, 2.75) is 53.1 Å². The highest BCUT2D eigenvalue weighted by Crippen LogP contribution is 2.16. The monoisotopic (exact) mass is 357 g/mol. The predicted molar refractivity (Wildman–Crippen MR) is 100 cm³/mol. The molecule has 0 spiro atoms. The van der Waals surface area contributed by atoms with Crippen LogP contribution in [0.2, 0.25) is 0 Å². The van der Waals surface area contributed by atoms with Gasteiger partial charge in [0.15, 0.2) is 6.61 Å². The van der Waals surface area contributed by atoms with E-state index in [4.69, 9.17) is 4.74 Å². The summed E-state index contributed by atoms with van der Waals surface area (Å²) in [5.74, 6) is -0.802. The van der Waals surface area contributed by atoms with Crippen molar-refractivity contribution in [2.75, 3.05) is 6.61 Å². The maximum absolute atomic E-state index is 12.4. The van der Waals surface area contributed by atoms with Gasteiger partial charge in [-0.1, -0.05) is 43.7 Å². The summed E-state index contributed by atoms with van der Waals surface area (Å²) in [6, 6.07) is 9.98. The first kappa shape index (κ1) is 19.7. The van der Waals surface area contributed by atoms with Gasteiger partial charge < -0.3 is 10.1 Å². The number of esters is 1. The van der Waals surface area contributed by atoms with Crippen LogP contribution in [0.1, 0.15) is 54.0 Å². The number of nitrogens with one attached hydrogen (secondary N) is 1. The molecule has 2 aromatic rings. The summed E-state index contributed by atoms with van der Waals surface area (Å²) in [6.07, 6.45) is 1.88. The summed E-state index contributed by atoms with van der Waals surface area (Å²) in [5.41, 5.74) is 2.86. The van der Waals surface area contributed by atoms with Gasteiger partial charge >= 0.3 is 5.97 Å². The van der Waals surface area contributed by atoms with Crippen LogP contribution < -0.4 is 5.32 Å². The Morgan fingerprint density at radius 1 is 1.23 bits per heavy atom. The van der Waals surface area contributed by atoms with Crippen molar-refractivity contribution in [1.82, 2.24) is 15.1 Å². The van der Waals surface area contributed by atoms with E-state index in [1.54, 1.807) is 11.6 Å². The molecule has 6 heteroatoms. The molecule has 0 saturated heterocycles. The van der Waals surface area contributed by atoms with Crippen LogP contribution in [0.3, 0.4) is 0 Å². The molecular formula is C20H27N3O3. The van der Waals surface area contributed by atoms with Crippen LogP contribution in [0.5, 0.6) is 0 Å². The quantitative estimate of drug-likeness (QED) is 0.737. The second-order valence-corrected chi connectivity index (χ2v) is 6.52. The molecule has 0 unspecified atom stereocenters. The fourth-order valence-corrected chi connectivity index (χ4v) is 2.93. The van der Waals surface area contributed by atoms with Gasteiger partial charge in [-0.25, -0.2) is 4.79 Å². The van der Waals surface area contributed by atoms with Crippen LogP contribution in [0, 0.1) is 13.8 Å². The number of carbonyl (C=O) groups excluding carboxylic acids is 2. The lowest BCUT2D eigenvalue weighted by atomic mass is 10.2. The summed E-state index contributed by atoms with van der Waals surface area (Å²) in [7, 11) is 0. The van der Waals surface area contributed by atoms with Crippen molar-refractivity contribution in [3.63, 3.8) is 0 Å². The third kappa shape index (κ3) is 5.18. The van der Waals surface area contributed by atoms with Crippen molar-refractivity contribution in [3.8, 4) is 0 Å². The third-order valence-corrected chi connectivity index (χ3v) is 4.22. The van der Waals surface area contributed by atoms with Crippen LogP contribution in [0.25, 0.3) is 0 Å². The van der Waals surface area contributed by atoms with Crippen molar-refractivity contribution >= 4 is 11.9 Å². The lowest BCUT2D eigenvalue weighted by Crippen LogP contribution is -2.35. The van der Waals surface area contributed by atoms with Gasteiger partial charge in [-0.15, -0.1) is 0 Å².